The van der Waals surface area contributed by atoms with Gasteiger partial charge < -0.3 is 20.1 Å². The number of allylic oxidation sites excluding steroid dienone is 2. The standard InChI is InChI=1S/C27H40O5/c1-19(2)32-27(31)9-7-5-4-6-8-23-24(26(30)18-25(23)29)17-16-22(28)15-14-21-12-10-20(3)11-13-21/h4,6,10-13,16-17,19,22-26,28-30H,5,7-9,14-15,18H2,1-3H3/t22?,23-,24-,25?,26?/m1/s1. The highest BCUT2D eigenvalue weighted by Crippen LogP contribution is 2.36. The molecule has 0 saturated heterocycles. The van der Waals surface area contributed by atoms with Crippen LogP contribution in [0.1, 0.15) is 63.5 Å². The third kappa shape index (κ3) is 9.27. The third-order valence-electron chi connectivity index (χ3n) is 6.01. The Morgan fingerprint density at radius 1 is 1.16 bits per heavy atom. The largest absolute Gasteiger partial charge is 0.463 e. The molecule has 0 radical (unpaired) electrons. The molecule has 3 N–H and O–H groups in total. The SMILES string of the molecule is Cc1ccc(CCC(O)C=C[C@H]2C(O)CC(O)[C@@H]2CC=CCCCC(=O)OC(C)C)cc1. The van der Waals surface area contributed by atoms with Crippen molar-refractivity contribution >= 4 is 5.97 Å². The maximum atomic E-state index is 11.5. The summed E-state index contributed by atoms with van der Waals surface area (Å²) in [5.41, 5.74) is 2.41. The van der Waals surface area contributed by atoms with Crippen LogP contribution in [0.2, 0.25) is 0 Å². The van der Waals surface area contributed by atoms with Crippen LogP contribution in [0.25, 0.3) is 0 Å². The van der Waals surface area contributed by atoms with Crippen molar-refractivity contribution < 1.29 is 24.9 Å². The summed E-state index contributed by atoms with van der Waals surface area (Å²) in [5.74, 6) is -0.425. The summed E-state index contributed by atoms with van der Waals surface area (Å²) in [6.07, 6.45) is 10.2. The van der Waals surface area contributed by atoms with Gasteiger partial charge in [-0.1, -0.05) is 54.1 Å². The van der Waals surface area contributed by atoms with Gasteiger partial charge in [0.25, 0.3) is 0 Å². The smallest absolute Gasteiger partial charge is 0.306 e. The maximum Gasteiger partial charge on any atom is 0.306 e. The molecule has 0 bridgehead atoms. The maximum absolute atomic E-state index is 11.5. The molecule has 1 saturated carbocycles. The van der Waals surface area contributed by atoms with Gasteiger partial charge in [-0.15, -0.1) is 0 Å². The van der Waals surface area contributed by atoms with Gasteiger partial charge in [-0.25, -0.2) is 0 Å². The van der Waals surface area contributed by atoms with E-state index < -0.39 is 18.3 Å². The van der Waals surface area contributed by atoms with Crippen LogP contribution in [0.3, 0.4) is 0 Å². The first kappa shape index (κ1) is 26.3. The summed E-state index contributed by atoms with van der Waals surface area (Å²) < 4.78 is 5.12. The predicted molar refractivity (Wildman–Crippen MR) is 127 cm³/mol. The molecule has 1 aromatic rings. The molecule has 5 nitrogen and oxygen atoms in total. The van der Waals surface area contributed by atoms with Gasteiger partial charge >= 0.3 is 5.97 Å². The molecule has 2 rings (SSSR count). The fourth-order valence-electron chi connectivity index (χ4n) is 4.19. The second-order valence-corrected chi connectivity index (χ2v) is 9.23. The molecule has 0 aromatic heterocycles. The first-order chi connectivity index (χ1) is 15.3. The fraction of sp³-hybridized carbons (Fsp3) is 0.593. The molecular formula is C27H40O5. The minimum absolute atomic E-state index is 0.0762. The van der Waals surface area contributed by atoms with Crippen molar-refractivity contribution in [3.63, 3.8) is 0 Å². The number of esters is 1. The van der Waals surface area contributed by atoms with Crippen LogP contribution in [-0.2, 0) is 16.0 Å². The van der Waals surface area contributed by atoms with Crippen LogP contribution in [-0.4, -0.2) is 45.7 Å². The molecule has 5 heteroatoms. The van der Waals surface area contributed by atoms with Gasteiger partial charge in [-0.3, -0.25) is 4.79 Å². The number of ether oxygens (including phenoxy) is 1. The molecule has 0 spiro atoms. The minimum Gasteiger partial charge on any atom is -0.463 e. The Labute approximate surface area is 192 Å². The fourth-order valence-corrected chi connectivity index (χ4v) is 4.19. The second-order valence-electron chi connectivity index (χ2n) is 9.23. The Morgan fingerprint density at radius 3 is 2.56 bits per heavy atom. The van der Waals surface area contributed by atoms with Crippen molar-refractivity contribution in [1.29, 1.82) is 0 Å². The highest BCUT2D eigenvalue weighted by atomic mass is 16.5. The number of hydrogen-bond acceptors (Lipinski definition) is 5. The molecule has 3 unspecified atom stereocenters. The van der Waals surface area contributed by atoms with E-state index in [0.717, 1.165) is 19.3 Å². The van der Waals surface area contributed by atoms with Crippen LogP contribution < -0.4 is 0 Å². The molecular weight excluding hydrogens is 404 g/mol. The van der Waals surface area contributed by atoms with Crippen molar-refractivity contribution in [3.8, 4) is 0 Å². The van der Waals surface area contributed by atoms with E-state index in [0.29, 0.717) is 25.7 Å². The normalized spacial score (nSPS) is 24.6. The van der Waals surface area contributed by atoms with Crippen LogP contribution >= 0.6 is 0 Å². The lowest BCUT2D eigenvalue weighted by molar-refractivity contribution is -0.147. The van der Waals surface area contributed by atoms with E-state index in [1.807, 2.05) is 32.1 Å². The van der Waals surface area contributed by atoms with Gasteiger partial charge in [-0.2, -0.15) is 0 Å². The van der Waals surface area contributed by atoms with E-state index in [1.165, 1.54) is 11.1 Å². The minimum atomic E-state index is -0.602. The molecule has 178 valence electrons. The molecule has 1 aliphatic rings. The predicted octanol–water partition coefficient (Wildman–Crippen LogP) is 4.27. The number of carbonyl (C=O) groups excluding carboxylic acids is 1. The lowest BCUT2D eigenvalue weighted by Gasteiger charge is -2.19. The van der Waals surface area contributed by atoms with Crippen molar-refractivity contribution in [2.24, 2.45) is 11.8 Å². The van der Waals surface area contributed by atoms with Gasteiger partial charge in [0, 0.05) is 18.8 Å². The number of aliphatic hydroxyl groups excluding tert-OH is 3. The zero-order valence-corrected chi connectivity index (χ0v) is 19.7. The number of aryl methyl sites for hydroxylation is 2. The molecule has 0 heterocycles. The van der Waals surface area contributed by atoms with Crippen LogP contribution in [0.15, 0.2) is 48.6 Å². The zero-order valence-electron chi connectivity index (χ0n) is 19.7. The molecule has 0 aliphatic heterocycles. The Kier molecular flexibility index (Phi) is 11.1. The summed E-state index contributed by atoms with van der Waals surface area (Å²) >= 11 is 0. The van der Waals surface area contributed by atoms with E-state index in [4.69, 9.17) is 4.74 Å². The monoisotopic (exact) mass is 444 g/mol. The van der Waals surface area contributed by atoms with Gasteiger partial charge in [-0.05, 0) is 64.4 Å². The van der Waals surface area contributed by atoms with Gasteiger partial charge in [0.1, 0.15) is 0 Å². The van der Waals surface area contributed by atoms with E-state index in [9.17, 15) is 20.1 Å². The van der Waals surface area contributed by atoms with Gasteiger partial charge in [0.05, 0.1) is 24.4 Å². The molecule has 1 fully saturated rings. The first-order valence-corrected chi connectivity index (χ1v) is 11.9. The number of rotatable bonds is 12. The van der Waals surface area contributed by atoms with Crippen molar-refractivity contribution in [3.05, 3.63) is 59.7 Å². The Bertz CT molecular complexity index is 737. The topological polar surface area (TPSA) is 87.0 Å². The summed E-state index contributed by atoms with van der Waals surface area (Å²) in [7, 11) is 0. The van der Waals surface area contributed by atoms with Crippen molar-refractivity contribution in [2.45, 2.75) is 90.1 Å². The molecule has 1 aromatic carbocycles. The Hall–Kier alpha value is -1.95. The summed E-state index contributed by atoms with van der Waals surface area (Å²) in [6.45, 7) is 5.73. The lowest BCUT2D eigenvalue weighted by Crippen LogP contribution is -2.20. The average molecular weight is 445 g/mol. The van der Waals surface area contributed by atoms with E-state index in [1.54, 1.807) is 6.08 Å². The lowest BCUT2D eigenvalue weighted by atomic mass is 9.89. The molecule has 32 heavy (non-hydrogen) atoms. The number of hydrogen-bond donors (Lipinski definition) is 3. The molecule has 5 atom stereocenters. The van der Waals surface area contributed by atoms with E-state index in [-0.39, 0.29) is 23.9 Å². The number of unbranched alkanes of at least 4 members (excludes halogenated alkanes) is 1. The van der Waals surface area contributed by atoms with Crippen LogP contribution in [0, 0.1) is 18.8 Å². The summed E-state index contributed by atoms with van der Waals surface area (Å²) in [5, 5.41) is 31.1. The van der Waals surface area contributed by atoms with Crippen LogP contribution in [0.4, 0.5) is 0 Å². The summed E-state index contributed by atoms with van der Waals surface area (Å²) in [6, 6.07) is 8.31. The highest BCUT2D eigenvalue weighted by molar-refractivity contribution is 5.69. The van der Waals surface area contributed by atoms with Crippen LogP contribution in [0.5, 0.6) is 0 Å². The first-order valence-electron chi connectivity index (χ1n) is 11.9. The number of benzene rings is 1. The van der Waals surface area contributed by atoms with Crippen molar-refractivity contribution in [2.75, 3.05) is 0 Å². The average Bonchev–Trinajstić information content (AvgIpc) is 3.00. The van der Waals surface area contributed by atoms with E-state index in [2.05, 4.69) is 31.2 Å². The van der Waals surface area contributed by atoms with E-state index >= 15 is 0 Å². The molecule has 0 amide bonds. The zero-order chi connectivity index (χ0) is 23.5. The van der Waals surface area contributed by atoms with Crippen molar-refractivity contribution in [1.82, 2.24) is 0 Å². The number of carbonyl (C=O) groups is 1. The molecule has 1 aliphatic carbocycles. The third-order valence-corrected chi connectivity index (χ3v) is 6.01. The second kappa shape index (κ2) is 13.6. The van der Waals surface area contributed by atoms with Gasteiger partial charge in [0.2, 0.25) is 0 Å². The van der Waals surface area contributed by atoms with Gasteiger partial charge in [0.15, 0.2) is 0 Å². The quantitative estimate of drug-likeness (QED) is 0.255. The summed E-state index contributed by atoms with van der Waals surface area (Å²) in [4.78, 5) is 11.5. The number of aliphatic hydroxyl groups is 3. The Morgan fingerprint density at radius 2 is 1.88 bits per heavy atom. The highest BCUT2D eigenvalue weighted by Gasteiger charge is 2.39. The Balaban J connectivity index is 1.77.